The van der Waals surface area contributed by atoms with E-state index in [1.54, 1.807) is 29.2 Å². The quantitative estimate of drug-likeness (QED) is 0.762. The number of benzene rings is 1. The van der Waals surface area contributed by atoms with Crippen LogP contribution in [0.3, 0.4) is 0 Å². The third-order valence-corrected chi connectivity index (χ3v) is 2.93. The standard InChI is InChI=1S/C15H14N4O/c20-13-6-4-12(5-7-13)11-17-14-3-1-8-16-15(14)19-10-2-9-18-19/h1-10,17,20H,11H2. The zero-order chi connectivity index (χ0) is 13.8. The maximum Gasteiger partial charge on any atom is 0.176 e. The van der Waals surface area contributed by atoms with E-state index in [0.29, 0.717) is 6.54 Å². The van der Waals surface area contributed by atoms with Crippen LogP contribution in [-0.2, 0) is 6.54 Å². The van der Waals surface area contributed by atoms with Gasteiger partial charge in [-0.2, -0.15) is 5.10 Å². The van der Waals surface area contributed by atoms with Crippen molar-refractivity contribution in [1.82, 2.24) is 14.8 Å². The summed E-state index contributed by atoms with van der Waals surface area (Å²) in [7, 11) is 0. The molecule has 100 valence electrons. The van der Waals surface area contributed by atoms with E-state index in [9.17, 15) is 5.11 Å². The van der Waals surface area contributed by atoms with Gasteiger partial charge in [0.2, 0.25) is 0 Å². The van der Waals surface area contributed by atoms with Gasteiger partial charge in [0.25, 0.3) is 0 Å². The van der Waals surface area contributed by atoms with Crippen molar-refractivity contribution in [3.8, 4) is 11.6 Å². The summed E-state index contributed by atoms with van der Waals surface area (Å²) in [4.78, 5) is 4.35. The van der Waals surface area contributed by atoms with Crippen molar-refractivity contribution in [2.24, 2.45) is 0 Å². The number of hydrogen-bond acceptors (Lipinski definition) is 4. The molecule has 0 aliphatic heterocycles. The van der Waals surface area contributed by atoms with Gasteiger partial charge in [-0.15, -0.1) is 0 Å². The third kappa shape index (κ3) is 2.61. The number of nitrogens with zero attached hydrogens (tertiary/aromatic N) is 3. The van der Waals surface area contributed by atoms with Crippen molar-refractivity contribution in [3.05, 3.63) is 66.6 Å². The fourth-order valence-electron chi connectivity index (χ4n) is 1.92. The SMILES string of the molecule is Oc1ccc(CNc2cccnc2-n2cccn2)cc1. The highest BCUT2D eigenvalue weighted by Gasteiger charge is 2.05. The zero-order valence-corrected chi connectivity index (χ0v) is 10.8. The molecule has 0 aliphatic rings. The van der Waals surface area contributed by atoms with E-state index in [4.69, 9.17) is 0 Å². The predicted octanol–water partition coefficient (Wildman–Crippen LogP) is 2.58. The Hall–Kier alpha value is -2.82. The minimum absolute atomic E-state index is 0.271. The second-order valence-corrected chi connectivity index (χ2v) is 4.35. The molecule has 0 atom stereocenters. The molecule has 2 N–H and O–H groups in total. The molecule has 0 spiro atoms. The smallest absolute Gasteiger partial charge is 0.176 e. The van der Waals surface area contributed by atoms with Gasteiger partial charge in [-0.05, 0) is 35.9 Å². The number of phenols is 1. The molecule has 0 bridgehead atoms. The molecule has 0 saturated heterocycles. The molecule has 0 fully saturated rings. The lowest BCUT2D eigenvalue weighted by molar-refractivity contribution is 0.475. The third-order valence-electron chi connectivity index (χ3n) is 2.93. The van der Waals surface area contributed by atoms with E-state index in [2.05, 4.69) is 15.4 Å². The van der Waals surface area contributed by atoms with Crippen molar-refractivity contribution >= 4 is 5.69 Å². The molecule has 3 rings (SSSR count). The molecule has 3 aromatic rings. The van der Waals surface area contributed by atoms with Gasteiger partial charge in [-0.1, -0.05) is 12.1 Å². The summed E-state index contributed by atoms with van der Waals surface area (Å²) in [5.41, 5.74) is 1.99. The van der Waals surface area contributed by atoms with E-state index in [1.807, 2.05) is 36.5 Å². The lowest BCUT2D eigenvalue weighted by Crippen LogP contribution is -2.06. The highest BCUT2D eigenvalue weighted by molar-refractivity contribution is 5.56. The zero-order valence-electron chi connectivity index (χ0n) is 10.8. The van der Waals surface area contributed by atoms with Crippen molar-refractivity contribution in [2.45, 2.75) is 6.54 Å². The fourth-order valence-corrected chi connectivity index (χ4v) is 1.92. The minimum Gasteiger partial charge on any atom is -0.508 e. The lowest BCUT2D eigenvalue weighted by Gasteiger charge is -2.11. The molecule has 20 heavy (non-hydrogen) atoms. The maximum absolute atomic E-state index is 9.27. The number of phenolic OH excluding ortho intramolecular Hbond substituents is 1. The summed E-state index contributed by atoms with van der Waals surface area (Å²) in [6.07, 6.45) is 5.31. The van der Waals surface area contributed by atoms with Crippen LogP contribution in [0.2, 0.25) is 0 Å². The van der Waals surface area contributed by atoms with Gasteiger partial charge >= 0.3 is 0 Å². The molecule has 0 unspecified atom stereocenters. The highest BCUT2D eigenvalue weighted by Crippen LogP contribution is 2.18. The van der Waals surface area contributed by atoms with Crippen LogP contribution in [0.4, 0.5) is 5.69 Å². The molecule has 5 heteroatoms. The van der Waals surface area contributed by atoms with Crippen LogP contribution >= 0.6 is 0 Å². The summed E-state index contributed by atoms with van der Waals surface area (Å²) in [6.45, 7) is 0.653. The van der Waals surface area contributed by atoms with Gasteiger partial charge < -0.3 is 10.4 Å². The molecular weight excluding hydrogens is 252 g/mol. The van der Waals surface area contributed by atoms with Crippen LogP contribution in [0.5, 0.6) is 5.75 Å². The first-order valence-electron chi connectivity index (χ1n) is 6.30. The summed E-state index contributed by atoms with van der Waals surface area (Å²) in [5.74, 6) is 1.03. The predicted molar refractivity (Wildman–Crippen MR) is 76.8 cm³/mol. The summed E-state index contributed by atoms with van der Waals surface area (Å²) in [6, 6.07) is 12.8. The van der Waals surface area contributed by atoms with Gasteiger partial charge in [0.15, 0.2) is 5.82 Å². The van der Waals surface area contributed by atoms with Gasteiger partial charge in [0.05, 0.1) is 5.69 Å². The largest absolute Gasteiger partial charge is 0.508 e. The van der Waals surface area contributed by atoms with E-state index in [-0.39, 0.29) is 5.75 Å². The first-order chi connectivity index (χ1) is 9.83. The van der Waals surface area contributed by atoms with Gasteiger partial charge in [0.1, 0.15) is 5.75 Å². The Kier molecular flexibility index (Phi) is 3.33. The second kappa shape index (κ2) is 5.44. The number of hydrogen-bond donors (Lipinski definition) is 2. The number of rotatable bonds is 4. The molecule has 2 heterocycles. The summed E-state index contributed by atoms with van der Waals surface area (Å²) in [5, 5.41) is 16.8. The number of aromatic nitrogens is 3. The number of anilines is 1. The molecule has 0 amide bonds. The van der Waals surface area contributed by atoms with Crippen LogP contribution in [0.15, 0.2) is 61.1 Å². The van der Waals surface area contributed by atoms with Crippen LogP contribution < -0.4 is 5.32 Å². The van der Waals surface area contributed by atoms with Crippen molar-refractivity contribution in [3.63, 3.8) is 0 Å². The molecule has 0 saturated carbocycles. The molecular formula is C15H14N4O. The Morgan fingerprint density at radius 2 is 1.90 bits per heavy atom. The van der Waals surface area contributed by atoms with Crippen LogP contribution in [0.25, 0.3) is 5.82 Å². The van der Waals surface area contributed by atoms with Crippen molar-refractivity contribution in [1.29, 1.82) is 0 Å². The van der Waals surface area contributed by atoms with E-state index >= 15 is 0 Å². The second-order valence-electron chi connectivity index (χ2n) is 4.35. The minimum atomic E-state index is 0.271. The molecule has 1 aromatic carbocycles. The Morgan fingerprint density at radius 1 is 1.05 bits per heavy atom. The Bertz CT molecular complexity index is 677. The molecule has 0 radical (unpaired) electrons. The van der Waals surface area contributed by atoms with E-state index in [0.717, 1.165) is 17.1 Å². The van der Waals surface area contributed by atoms with Crippen LogP contribution in [-0.4, -0.2) is 19.9 Å². The van der Waals surface area contributed by atoms with Gasteiger partial charge in [-0.25, -0.2) is 9.67 Å². The maximum atomic E-state index is 9.27. The van der Waals surface area contributed by atoms with Gasteiger partial charge in [0, 0.05) is 25.1 Å². The van der Waals surface area contributed by atoms with E-state index in [1.165, 1.54) is 0 Å². The van der Waals surface area contributed by atoms with Crippen LogP contribution in [0.1, 0.15) is 5.56 Å². The first-order valence-corrected chi connectivity index (χ1v) is 6.30. The van der Waals surface area contributed by atoms with E-state index < -0.39 is 0 Å². The average Bonchev–Trinajstić information content (AvgIpc) is 3.01. The lowest BCUT2D eigenvalue weighted by atomic mass is 10.2. The molecule has 5 nitrogen and oxygen atoms in total. The van der Waals surface area contributed by atoms with Crippen molar-refractivity contribution < 1.29 is 5.11 Å². The number of pyridine rings is 1. The van der Waals surface area contributed by atoms with Crippen molar-refractivity contribution in [2.75, 3.05) is 5.32 Å². The highest BCUT2D eigenvalue weighted by atomic mass is 16.3. The monoisotopic (exact) mass is 266 g/mol. The first kappa shape index (κ1) is 12.2. The van der Waals surface area contributed by atoms with Crippen LogP contribution in [0, 0.1) is 0 Å². The van der Waals surface area contributed by atoms with Gasteiger partial charge in [-0.3, -0.25) is 0 Å². The topological polar surface area (TPSA) is 63.0 Å². The summed E-state index contributed by atoms with van der Waals surface area (Å²) >= 11 is 0. The Labute approximate surface area is 116 Å². The number of aromatic hydroxyl groups is 1. The normalized spacial score (nSPS) is 10.4. The number of nitrogens with one attached hydrogen (secondary N) is 1. The molecule has 2 aromatic heterocycles. The average molecular weight is 266 g/mol. The fraction of sp³-hybridized carbons (Fsp3) is 0.0667. The Balaban J connectivity index is 1.79. The molecule has 0 aliphatic carbocycles. The Morgan fingerprint density at radius 3 is 2.65 bits per heavy atom. The summed E-state index contributed by atoms with van der Waals surface area (Å²) < 4.78 is 1.72.